The molecule has 0 aromatic heterocycles. The number of nitrogens with one attached hydrogen (secondary N) is 1. The first-order valence-corrected chi connectivity index (χ1v) is 9.29. The van der Waals surface area contributed by atoms with Crippen LogP contribution in [0.2, 0.25) is 5.02 Å². The number of benzene rings is 2. The molecule has 0 heterocycles. The molecule has 5 heteroatoms. The lowest BCUT2D eigenvalue weighted by atomic mass is 10.1. The first-order chi connectivity index (χ1) is 12.5. The molecule has 0 bridgehead atoms. The monoisotopic (exact) mass is 375 g/mol. The molecule has 0 saturated heterocycles. The van der Waals surface area contributed by atoms with E-state index in [1.165, 1.54) is 5.56 Å². The molecule has 2 rings (SSSR count). The number of hydrogen-bond acceptors (Lipinski definition) is 3. The Balaban J connectivity index is 1.71. The molecule has 0 aliphatic carbocycles. The molecule has 140 valence electrons. The van der Waals surface area contributed by atoms with Gasteiger partial charge in [0.25, 0.3) is 5.91 Å². The predicted octanol–water partition coefficient (Wildman–Crippen LogP) is 4.56. The zero-order valence-corrected chi connectivity index (χ0v) is 16.3. The molecule has 2 aromatic rings. The van der Waals surface area contributed by atoms with Crippen LogP contribution in [0.1, 0.15) is 31.4 Å². The summed E-state index contributed by atoms with van der Waals surface area (Å²) in [5.74, 6) is 1.40. The predicted molar refractivity (Wildman–Crippen MR) is 105 cm³/mol. The van der Waals surface area contributed by atoms with Crippen LogP contribution in [0.15, 0.2) is 42.5 Å². The van der Waals surface area contributed by atoms with E-state index in [1.54, 1.807) is 19.1 Å². The number of halogens is 1. The molecular formula is C21H26ClNO3. The fourth-order valence-corrected chi connectivity index (χ4v) is 2.63. The topological polar surface area (TPSA) is 47.6 Å². The second kappa shape index (κ2) is 10.1. The van der Waals surface area contributed by atoms with E-state index >= 15 is 0 Å². The van der Waals surface area contributed by atoms with Crippen molar-refractivity contribution in [3.63, 3.8) is 0 Å². The van der Waals surface area contributed by atoms with Crippen LogP contribution < -0.4 is 14.8 Å². The van der Waals surface area contributed by atoms with Gasteiger partial charge in [0.05, 0.1) is 6.61 Å². The lowest BCUT2D eigenvalue weighted by Crippen LogP contribution is -2.36. The molecule has 1 N–H and O–H groups in total. The Kier molecular flexibility index (Phi) is 7.79. The summed E-state index contributed by atoms with van der Waals surface area (Å²) in [5, 5.41) is 3.60. The Bertz CT molecular complexity index is 716. The number of carbonyl (C=O) groups excluding carboxylic acids is 1. The van der Waals surface area contributed by atoms with Gasteiger partial charge in [0.1, 0.15) is 11.5 Å². The average Bonchev–Trinajstić information content (AvgIpc) is 2.63. The quantitative estimate of drug-likeness (QED) is 0.653. The zero-order chi connectivity index (χ0) is 18.9. The summed E-state index contributed by atoms with van der Waals surface area (Å²) in [6.45, 7) is 6.89. The van der Waals surface area contributed by atoms with Gasteiger partial charge in [-0.25, -0.2) is 0 Å². The summed E-state index contributed by atoms with van der Waals surface area (Å²) in [5.41, 5.74) is 2.15. The van der Waals surface area contributed by atoms with E-state index in [9.17, 15) is 4.79 Å². The van der Waals surface area contributed by atoms with Crippen LogP contribution in [-0.4, -0.2) is 25.2 Å². The van der Waals surface area contributed by atoms with Crippen molar-refractivity contribution >= 4 is 17.5 Å². The first-order valence-electron chi connectivity index (χ1n) is 8.92. The number of amides is 1. The van der Waals surface area contributed by atoms with Crippen LogP contribution in [0.4, 0.5) is 0 Å². The fourth-order valence-electron chi connectivity index (χ4n) is 2.51. The van der Waals surface area contributed by atoms with E-state index in [2.05, 4.69) is 17.4 Å². The summed E-state index contributed by atoms with van der Waals surface area (Å²) in [4.78, 5) is 12.1. The highest BCUT2D eigenvalue weighted by molar-refractivity contribution is 6.31. The van der Waals surface area contributed by atoms with Gasteiger partial charge in [-0.2, -0.15) is 0 Å². The standard InChI is InChI=1S/C21H26ClNO3/c1-4-25-18-9-7-17(8-10-18)6-5-13-23-21(24)16(3)26-19-11-12-20(22)15(2)14-19/h7-12,14,16H,4-6,13H2,1-3H3,(H,23,24)/t16-/m1/s1. The molecule has 1 amide bonds. The van der Waals surface area contributed by atoms with Crippen LogP contribution in [0.3, 0.4) is 0 Å². The van der Waals surface area contributed by atoms with E-state index in [0.29, 0.717) is 23.9 Å². The van der Waals surface area contributed by atoms with Crippen molar-refractivity contribution in [1.29, 1.82) is 0 Å². The van der Waals surface area contributed by atoms with Crippen molar-refractivity contribution in [2.24, 2.45) is 0 Å². The maximum Gasteiger partial charge on any atom is 0.260 e. The van der Waals surface area contributed by atoms with Crippen molar-refractivity contribution in [3.8, 4) is 11.5 Å². The highest BCUT2D eigenvalue weighted by atomic mass is 35.5. The van der Waals surface area contributed by atoms with Crippen molar-refractivity contribution in [1.82, 2.24) is 5.32 Å². The lowest BCUT2D eigenvalue weighted by Gasteiger charge is -2.15. The highest BCUT2D eigenvalue weighted by Gasteiger charge is 2.14. The third-order valence-corrected chi connectivity index (χ3v) is 4.41. The molecule has 0 saturated carbocycles. The van der Waals surface area contributed by atoms with Crippen molar-refractivity contribution in [2.75, 3.05) is 13.2 Å². The number of aryl methyl sites for hydroxylation is 2. The minimum atomic E-state index is -0.555. The van der Waals surface area contributed by atoms with Crippen molar-refractivity contribution in [3.05, 3.63) is 58.6 Å². The molecule has 0 aliphatic rings. The van der Waals surface area contributed by atoms with Gasteiger partial charge < -0.3 is 14.8 Å². The number of hydrogen-bond donors (Lipinski definition) is 1. The van der Waals surface area contributed by atoms with Gasteiger partial charge >= 0.3 is 0 Å². The molecular weight excluding hydrogens is 350 g/mol. The average molecular weight is 376 g/mol. The normalized spacial score (nSPS) is 11.7. The Morgan fingerprint density at radius 1 is 1.15 bits per heavy atom. The van der Waals surface area contributed by atoms with Crippen LogP contribution >= 0.6 is 11.6 Å². The summed E-state index contributed by atoms with van der Waals surface area (Å²) in [7, 11) is 0. The summed E-state index contributed by atoms with van der Waals surface area (Å²) in [6, 6.07) is 13.4. The molecule has 1 atom stereocenters. The highest BCUT2D eigenvalue weighted by Crippen LogP contribution is 2.21. The maximum atomic E-state index is 12.1. The number of ether oxygens (including phenoxy) is 2. The summed E-state index contributed by atoms with van der Waals surface area (Å²) >= 11 is 6.00. The van der Waals surface area contributed by atoms with Gasteiger partial charge in [-0.1, -0.05) is 23.7 Å². The Morgan fingerprint density at radius 3 is 2.50 bits per heavy atom. The van der Waals surface area contributed by atoms with E-state index in [-0.39, 0.29) is 5.91 Å². The van der Waals surface area contributed by atoms with Gasteiger partial charge in [0, 0.05) is 11.6 Å². The van der Waals surface area contributed by atoms with Crippen molar-refractivity contribution < 1.29 is 14.3 Å². The molecule has 0 spiro atoms. The van der Waals surface area contributed by atoms with E-state index in [4.69, 9.17) is 21.1 Å². The Hall–Kier alpha value is -2.20. The maximum absolute atomic E-state index is 12.1. The minimum Gasteiger partial charge on any atom is -0.494 e. The van der Waals surface area contributed by atoms with E-state index in [1.807, 2.05) is 32.0 Å². The molecule has 2 aromatic carbocycles. The Morgan fingerprint density at radius 2 is 1.85 bits per heavy atom. The molecule has 0 fully saturated rings. The van der Waals surface area contributed by atoms with Crippen LogP contribution in [0, 0.1) is 6.92 Å². The minimum absolute atomic E-state index is 0.121. The molecule has 0 unspecified atom stereocenters. The molecule has 4 nitrogen and oxygen atoms in total. The number of carbonyl (C=O) groups is 1. The third-order valence-electron chi connectivity index (χ3n) is 3.99. The van der Waals surface area contributed by atoms with Crippen molar-refractivity contribution in [2.45, 2.75) is 39.7 Å². The van der Waals surface area contributed by atoms with Gasteiger partial charge in [-0.3, -0.25) is 4.79 Å². The van der Waals surface area contributed by atoms with Crippen LogP contribution in [-0.2, 0) is 11.2 Å². The Labute approximate surface area is 160 Å². The lowest BCUT2D eigenvalue weighted by molar-refractivity contribution is -0.127. The van der Waals surface area contributed by atoms with Gasteiger partial charge in [-0.05, 0) is 75.1 Å². The third kappa shape index (κ3) is 6.26. The van der Waals surface area contributed by atoms with Gasteiger partial charge in [0.2, 0.25) is 0 Å². The second-order valence-corrected chi connectivity index (χ2v) is 6.55. The van der Waals surface area contributed by atoms with Gasteiger partial charge in [0.15, 0.2) is 6.10 Å². The molecule has 0 radical (unpaired) electrons. The number of rotatable bonds is 9. The molecule has 0 aliphatic heterocycles. The van der Waals surface area contributed by atoms with E-state index < -0.39 is 6.10 Å². The fraction of sp³-hybridized carbons (Fsp3) is 0.381. The SMILES string of the molecule is CCOc1ccc(CCCNC(=O)[C@@H](C)Oc2ccc(Cl)c(C)c2)cc1. The second-order valence-electron chi connectivity index (χ2n) is 6.14. The van der Waals surface area contributed by atoms with Crippen LogP contribution in [0.5, 0.6) is 11.5 Å². The van der Waals surface area contributed by atoms with Gasteiger partial charge in [-0.15, -0.1) is 0 Å². The largest absolute Gasteiger partial charge is 0.494 e. The summed E-state index contributed by atoms with van der Waals surface area (Å²) in [6.07, 6.45) is 1.21. The zero-order valence-electron chi connectivity index (χ0n) is 15.5. The van der Waals surface area contributed by atoms with Crippen LogP contribution in [0.25, 0.3) is 0 Å². The first kappa shape index (κ1) is 20.1. The molecule has 26 heavy (non-hydrogen) atoms. The smallest absolute Gasteiger partial charge is 0.260 e. The van der Waals surface area contributed by atoms with E-state index in [0.717, 1.165) is 24.2 Å². The summed E-state index contributed by atoms with van der Waals surface area (Å²) < 4.78 is 11.1.